The minimum atomic E-state index is 0.529. The number of aromatic nitrogens is 1. The highest BCUT2D eigenvalue weighted by Crippen LogP contribution is 2.32. The van der Waals surface area contributed by atoms with E-state index in [1.165, 1.54) is 11.3 Å². The molecule has 0 radical (unpaired) electrons. The van der Waals surface area contributed by atoms with Gasteiger partial charge in [-0.1, -0.05) is 23.7 Å². The highest BCUT2D eigenvalue weighted by molar-refractivity contribution is 7.13. The summed E-state index contributed by atoms with van der Waals surface area (Å²) in [4.78, 5) is 4.23. The molecule has 0 saturated carbocycles. The lowest BCUT2D eigenvalue weighted by molar-refractivity contribution is 0.341. The molecule has 0 saturated heterocycles. The lowest BCUT2D eigenvalue weighted by Gasteiger charge is -2.06. The van der Waals surface area contributed by atoms with Crippen LogP contribution in [0.4, 0.5) is 0 Å². The number of halogens is 1. The fraction of sp³-hybridized carbons (Fsp3) is 0.182. The molecule has 1 aromatic carbocycles. The average Bonchev–Trinajstić information content (AvgIpc) is 2.66. The summed E-state index contributed by atoms with van der Waals surface area (Å²) in [5.74, 6) is 0.853. The van der Waals surface area contributed by atoms with E-state index in [1.807, 2.05) is 36.6 Å². The Kier molecular flexibility index (Phi) is 3.23. The van der Waals surface area contributed by atoms with Crippen LogP contribution in [0.5, 0.6) is 5.75 Å². The predicted octanol–water partition coefficient (Wildman–Crippen LogP) is 3.86. The summed E-state index contributed by atoms with van der Waals surface area (Å²) >= 11 is 7.32. The zero-order valence-electron chi connectivity index (χ0n) is 8.24. The summed E-state index contributed by atoms with van der Waals surface area (Å²) in [6.07, 6.45) is 0. The molecule has 2 nitrogen and oxygen atoms in total. The highest BCUT2D eigenvalue weighted by Gasteiger charge is 2.08. The molecule has 0 aliphatic heterocycles. The Morgan fingerprint density at radius 2 is 2.20 bits per heavy atom. The first-order chi connectivity index (χ1) is 7.31. The van der Waals surface area contributed by atoms with Crippen LogP contribution < -0.4 is 4.74 Å². The summed E-state index contributed by atoms with van der Waals surface area (Å²) in [6, 6.07) is 7.84. The van der Waals surface area contributed by atoms with Crippen LogP contribution >= 0.6 is 22.9 Å². The summed E-state index contributed by atoms with van der Waals surface area (Å²) in [7, 11) is 0. The molecule has 0 amide bonds. The second kappa shape index (κ2) is 4.64. The number of benzene rings is 1. The van der Waals surface area contributed by atoms with Crippen molar-refractivity contribution in [2.45, 2.75) is 6.92 Å². The molecule has 0 unspecified atom stereocenters. The van der Waals surface area contributed by atoms with Crippen LogP contribution in [0.1, 0.15) is 6.92 Å². The van der Waals surface area contributed by atoms with E-state index in [0.717, 1.165) is 16.3 Å². The SMILES string of the molecule is CCOc1ccccc1-c1nc(Cl)cs1. The molecule has 0 fully saturated rings. The molecule has 1 aromatic heterocycles. The van der Waals surface area contributed by atoms with Gasteiger partial charge in [-0.25, -0.2) is 4.98 Å². The van der Waals surface area contributed by atoms with Crippen molar-refractivity contribution >= 4 is 22.9 Å². The second-order valence-corrected chi connectivity index (χ2v) is 4.15. The first kappa shape index (κ1) is 10.5. The Bertz CT molecular complexity index is 455. The maximum atomic E-state index is 5.80. The van der Waals surface area contributed by atoms with Crippen molar-refractivity contribution < 1.29 is 4.74 Å². The number of nitrogens with zero attached hydrogens (tertiary/aromatic N) is 1. The molecule has 0 aliphatic rings. The van der Waals surface area contributed by atoms with Gasteiger partial charge in [0, 0.05) is 5.38 Å². The monoisotopic (exact) mass is 239 g/mol. The van der Waals surface area contributed by atoms with Gasteiger partial charge in [-0.3, -0.25) is 0 Å². The first-order valence-electron chi connectivity index (χ1n) is 4.64. The zero-order chi connectivity index (χ0) is 10.7. The van der Waals surface area contributed by atoms with Gasteiger partial charge in [-0.05, 0) is 19.1 Å². The van der Waals surface area contributed by atoms with Gasteiger partial charge >= 0.3 is 0 Å². The third-order valence-electron chi connectivity index (χ3n) is 1.89. The Morgan fingerprint density at radius 1 is 1.40 bits per heavy atom. The minimum absolute atomic E-state index is 0.529. The van der Waals surface area contributed by atoms with Gasteiger partial charge in [0.25, 0.3) is 0 Å². The van der Waals surface area contributed by atoms with E-state index in [9.17, 15) is 0 Å². The lowest BCUT2D eigenvalue weighted by Crippen LogP contribution is -1.93. The molecule has 4 heteroatoms. The van der Waals surface area contributed by atoms with Crippen molar-refractivity contribution in [1.29, 1.82) is 0 Å². The zero-order valence-corrected chi connectivity index (χ0v) is 9.81. The molecule has 0 spiro atoms. The summed E-state index contributed by atoms with van der Waals surface area (Å²) < 4.78 is 5.52. The molecule has 15 heavy (non-hydrogen) atoms. The number of hydrogen-bond acceptors (Lipinski definition) is 3. The van der Waals surface area contributed by atoms with Crippen molar-refractivity contribution in [3.8, 4) is 16.3 Å². The fourth-order valence-electron chi connectivity index (χ4n) is 1.30. The van der Waals surface area contributed by atoms with Crippen molar-refractivity contribution in [2.75, 3.05) is 6.61 Å². The van der Waals surface area contributed by atoms with Crippen LogP contribution in [0.3, 0.4) is 0 Å². The van der Waals surface area contributed by atoms with Gasteiger partial charge in [0.1, 0.15) is 15.9 Å². The Morgan fingerprint density at radius 3 is 2.87 bits per heavy atom. The molecule has 78 valence electrons. The van der Waals surface area contributed by atoms with E-state index >= 15 is 0 Å². The van der Waals surface area contributed by atoms with Gasteiger partial charge in [-0.2, -0.15) is 0 Å². The number of para-hydroxylation sites is 1. The van der Waals surface area contributed by atoms with Crippen LogP contribution in [-0.2, 0) is 0 Å². The summed E-state index contributed by atoms with van der Waals surface area (Å²) in [5, 5.41) is 3.24. The van der Waals surface area contributed by atoms with Crippen LogP contribution in [0.25, 0.3) is 10.6 Å². The number of hydrogen-bond donors (Lipinski definition) is 0. The van der Waals surface area contributed by atoms with E-state index < -0.39 is 0 Å². The van der Waals surface area contributed by atoms with E-state index in [-0.39, 0.29) is 0 Å². The predicted molar refractivity (Wildman–Crippen MR) is 63.7 cm³/mol. The van der Waals surface area contributed by atoms with Crippen molar-refractivity contribution in [2.24, 2.45) is 0 Å². The van der Waals surface area contributed by atoms with E-state index in [0.29, 0.717) is 11.8 Å². The van der Waals surface area contributed by atoms with Gasteiger partial charge in [0.2, 0.25) is 0 Å². The normalized spacial score (nSPS) is 10.3. The van der Waals surface area contributed by atoms with Crippen molar-refractivity contribution in [3.63, 3.8) is 0 Å². The highest BCUT2D eigenvalue weighted by atomic mass is 35.5. The Hall–Kier alpha value is -1.06. The van der Waals surface area contributed by atoms with Crippen LogP contribution in [0.2, 0.25) is 5.15 Å². The third-order valence-corrected chi connectivity index (χ3v) is 3.09. The maximum Gasteiger partial charge on any atom is 0.140 e. The van der Waals surface area contributed by atoms with Gasteiger partial charge < -0.3 is 4.74 Å². The smallest absolute Gasteiger partial charge is 0.140 e. The average molecular weight is 240 g/mol. The topological polar surface area (TPSA) is 22.1 Å². The largest absolute Gasteiger partial charge is 0.493 e. The molecule has 1 heterocycles. The van der Waals surface area contributed by atoms with Crippen LogP contribution in [0.15, 0.2) is 29.6 Å². The molecule has 0 atom stereocenters. The molecular formula is C11H10ClNOS. The fourth-order valence-corrected chi connectivity index (χ4v) is 2.28. The molecule has 0 aliphatic carbocycles. The number of ether oxygens (including phenoxy) is 1. The molecule has 0 bridgehead atoms. The Labute approximate surface area is 97.5 Å². The summed E-state index contributed by atoms with van der Waals surface area (Å²) in [6.45, 7) is 2.61. The van der Waals surface area contributed by atoms with Crippen molar-refractivity contribution in [3.05, 3.63) is 34.8 Å². The van der Waals surface area contributed by atoms with E-state index in [4.69, 9.17) is 16.3 Å². The van der Waals surface area contributed by atoms with Gasteiger partial charge in [-0.15, -0.1) is 11.3 Å². The van der Waals surface area contributed by atoms with E-state index in [1.54, 1.807) is 0 Å². The third kappa shape index (κ3) is 2.30. The minimum Gasteiger partial charge on any atom is -0.493 e. The Balaban J connectivity index is 2.42. The van der Waals surface area contributed by atoms with E-state index in [2.05, 4.69) is 4.98 Å². The lowest BCUT2D eigenvalue weighted by atomic mass is 10.2. The number of thiazole rings is 1. The summed E-state index contributed by atoms with van der Waals surface area (Å²) in [5.41, 5.74) is 0.997. The van der Waals surface area contributed by atoms with Gasteiger partial charge in [0.15, 0.2) is 0 Å². The molecule has 2 rings (SSSR count). The molecular weight excluding hydrogens is 230 g/mol. The second-order valence-electron chi connectivity index (χ2n) is 2.90. The van der Waals surface area contributed by atoms with Crippen LogP contribution in [0, 0.1) is 0 Å². The molecule has 2 aromatic rings. The number of rotatable bonds is 3. The van der Waals surface area contributed by atoms with Crippen LogP contribution in [-0.4, -0.2) is 11.6 Å². The van der Waals surface area contributed by atoms with Crippen molar-refractivity contribution in [1.82, 2.24) is 4.98 Å². The van der Waals surface area contributed by atoms with Gasteiger partial charge in [0.05, 0.1) is 12.2 Å². The first-order valence-corrected chi connectivity index (χ1v) is 5.90. The quantitative estimate of drug-likeness (QED) is 0.812. The standard InChI is InChI=1S/C11H10ClNOS/c1-2-14-9-6-4-3-5-8(9)11-13-10(12)7-15-11/h3-7H,2H2,1H3. The molecule has 0 N–H and O–H groups in total. The maximum absolute atomic E-state index is 5.80.